The smallest absolute Gasteiger partial charge is 0.268 e. The van der Waals surface area contributed by atoms with Gasteiger partial charge in [-0.25, -0.2) is 0 Å². The first-order valence-corrected chi connectivity index (χ1v) is 6.89. The third-order valence-electron chi connectivity index (χ3n) is 4.57. The van der Waals surface area contributed by atoms with Crippen LogP contribution in [0.2, 0.25) is 0 Å². The Morgan fingerprint density at radius 2 is 2.25 bits per heavy atom. The molecule has 0 bridgehead atoms. The molecule has 4 rings (SSSR count). The van der Waals surface area contributed by atoms with Gasteiger partial charge >= 0.3 is 0 Å². The van der Waals surface area contributed by atoms with Gasteiger partial charge in [-0.3, -0.25) is 9.78 Å². The second-order valence-electron chi connectivity index (χ2n) is 5.86. The van der Waals surface area contributed by atoms with E-state index in [4.69, 9.17) is 0 Å². The maximum Gasteiger partial charge on any atom is 0.268 e. The molecule has 1 aliphatic heterocycles. The third-order valence-corrected chi connectivity index (χ3v) is 4.57. The number of rotatable bonds is 1. The maximum atomic E-state index is 12.1. The van der Waals surface area contributed by atoms with Crippen LogP contribution in [0, 0.1) is 16.7 Å². The minimum Gasteiger partial charge on any atom is -0.368 e. The van der Waals surface area contributed by atoms with Crippen molar-refractivity contribution in [3.63, 3.8) is 0 Å². The number of H-pyrrole nitrogens is 1. The van der Waals surface area contributed by atoms with Gasteiger partial charge in [0.15, 0.2) is 0 Å². The van der Waals surface area contributed by atoms with Crippen LogP contribution in [-0.4, -0.2) is 23.1 Å². The molecule has 0 unspecified atom stereocenters. The highest BCUT2D eigenvalue weighted by molar-refractivity contribution is 5.91. The van der Waals surface area contributed by atoms with Crippen molar-refractivity contribution in [3.05, 3.63) is 34.2 Å². The molecule has 1 aliphatic carbocycles. The van der Waals surface area contributed by atoms with E-state index in [1.54, 1.807) is 12.3 Å². The van der Waals surface area contributed by atoms with Gasteiger partial charge < -0.3 is 9.88 Å². The minimum absolute atomic E-state index is 0.189. The predicted octanol–water partition coefficient (Wildman–Crippen LogP) is 1.79. The summed E-state index contributed by atoms with van der Waals surface area (Å²) in [7, 11) is 0. The Bertz CT molecular complexity index is 798. The summed E-state index contributed by atoms with van der Waals surface area (Å²) >= 11 is 0. The van der Waals surface area contributed by atoms with Crippen LogP contribution in [0.1, 0.15) is 24.8 Å². The molecule has 2 aromatic rings. The molecule has 100 valence electrons. The van der Waals surface area contributed by atoms with Crippen LogP contribution in [0.4, 0.5) is 5.69 Å². The summed E-state index contributed by atoms with van der Waals surface area (Å²) in [5, 5.41) is 9.34. The van der Waals surface area contributed by atoms with Crippen LogP contribution in [0.25, 0.3) is 11.0 Å². The second kappa shape index (κ2) is 3.83. The Morgan fingerprint density at radius 3 is 2.95 bits per heavy atom. The van der Waals surface area contributed by atoms with Gasteiger partial charge in [-0.15, -0.1) is 0 Å². The standard InChI is InChI=1S/C15H14N4O/c16-8-10-13(19-7-5-15(9-19)3-4-15)12-11(18-14(10)20)2-1-6-17-12/h1-2,6H,3-5,7,9H2,(H,18,20). The van der Waals surface area contributed by atoms with Crippen LogP contribution in [0.5, 0.6) is 0 Å². The van der Waals surface area contributed by atoms with Crippen molar-refractivity contribution in [1.29, 1.82) is 5.26 Å². The summed E-state index contributed by atoms with van der Waals surface area (Å²) in [6, 6.07) is 5.68. The fourth-order valence-electron chi connectivity index (χ4n) is 3.23. The first-order valence-electron chi connectivity index (χ1n) is 6.89. The van der Waals surface area contributed by atoms with E-state index in [-0.39, 0.29) is 11.1 Å². The van der Waals surface area contributed by atoms with Crippen LogP contribution in [0.15, 0.2) is 23.1 Å². The molecule has 3 heterocycles. The zero-order valence-corrected chi connectivity index (χ0v) is 11.0. The lowest BCUT2D eigenvalue weighted by Crippen LogP contribution is -2.25. The van der Waals surface area contributed by atoms with Gasteiger partial charge in [0.05, 0.1) is 11.2 Å². The van der Waals surface area contributed by atoms with E-state index in [1.807, 2.05) is 6.07 Å². The molecule has 0 atom stereocenters. The number of fused-ring (bicyclic) bond motifs is 1. The third kappa shape index (κ3) is 1.54. The average molecular weight is 266 g/mol. The molecule has 1 saturated carbocycles. The quantitative estimate of drug-likeness (QED) is 0.854. The van der Waals surface area contributed by atoms with Gasteiger partial charge in [-0.1, -0.05) is 0 Å². The molecule has 0 aromatic carbocycles. The monoisotopic (exact) mass is 266 g/mol. The van der Waals surface area contributed by atoms with E-state index >= 15 is 0 Å². The Kier molecular flexibility index (Phi) is 2.19. The summed E-state index contributed by atoms with van der Waals surface area (Å²) in [6.45, 7) is 1.85. The molecule has 0 amide bonds. The van der Waals surface area contributed by atoms with E-state index in [0.717, 1.165) is 30.7 Å². The first-order chi connectivity index (χ1) is 9.72. The lowest BCUT2D eigenvalue weighted by atomic mass is 10.1. The molecular weight excluding hydrogens is 252 g/mol. The van der Waals surface area contributed by atoms with Crippen molar-refractivity contribution in [1.82, 2.24) is 9.97 Å². The molecule has 5 nitrogen and oxygen atoms in total. The van der Waals surface area contributed by atoms with E-state index in [9.17, 15) is 10.1 Å². The van der Waals surface area contributed by atoms with Crippen molar-refractivity contribution in [2.75, 3.05) is 18.0 Å². The van der Waals surface area contributed by atoms with Gasteiger partial charge in [-0.05, 0) is 36.8 Å². The van der Waals surface area contributed by atoms with Crippen molar-refractivity contribution < 1.29 is 0 Å². The Hall–Kier alpha value is -2.35. The topological polar surface area (TPSA) is 72.8 Å². The fourth-order valence-corrected chi connectivity index (χ4v) is 3.23. The number of nitriles is 1. The van der Waals surface area contributed by atoms with Crippen molar-refractivity contribution in [2.45, 2.75) is 19.3 Å². The van der Waals surface area contributed by atoms with E-state index < -0.39 is 0 Å². The highest BCUT2D eigenvalue weighted by Gasteiger charge is 2.48. The molecule has 1 N–H and O–H groups in total. The molecule has 1 spiro atoms. The Balaban J connectivity index is 1.96. The fraction of sp³-hybridized carbons (Fsp3) is 0.400. The molecular formula is C15H14N4O. The van der Waals surface area contributed by atoms with Gasteiger partial charge in [0.1, 0.15) is 17.1 Å². The summed E-state index contributed by atoms with van der Waals surface area (Å²) in [6.07, 6.45) is 5.38. The van der Waals surface area contributed by atoms with Crippen molar-refractivity contribution in [2.24, 2.45) is 5.41 Å². The summed E-state index contributed by atoms with van der Waals surface area (Å²) in [4.78, 5) is 21.4. The van der Waals surface area contributed by atoms with E-state index in [0.29, 0.717) is 10.9 Å². The predicted molar refractivity (Wildman–Crippen MR) is 75.6 cm³/mol. The molecule has 1 saturated heterocycles. The number of nitrogens with zero attached hydrogens (tertiary/aromatic N) is 3. The largest absolute Gasteiger partial charge is 0.368 e. The highest BCUT2D eigenvalue weighted by atomic mass is 16.1. The number of anilines is 1. The van der Waals surface area contributed by atoms with Gasteiger partial charge in [0.2, 0.25) is 0 Å². The molecule has 2 aliphatic rings. The molecule has 2 fully saturated rings. The highest BCUT2D eigenvalue weighted by Crippen LogP contribution is 2.53. The average Bonchev–Trinajstić information content (AvgIpc) is 3.08. The Morgan fingerprint density at radius 1 is 1.40 bits per heavy atom. The lowest BCUT2D eigenvalue weighted by molar-refractivity contribution is 0.581. The SMILES string of the molecule is N#Cc1c(N2CCC3(CC3)C2)c2ncccc2[nH]c1=O. The van der Waals surface area contributed by atoms with Gasteiger partial charge in [0.25, 0.3) is 5.56 Å². The van der Waals surface area contributed by atoms with Crippen LogP contribution < -0.4 is 10.5 Å². The van der Waals surface area contributed by atoms with Crippen LogP contribution in [-0.2, 0) is 0 Å². The molecule has 2 aromatic heterocycles. The summed E-state index contributed by atoms with van der Waals surface area (Å²) in [5.41, 5.74) is 2.45. The van der Waals surface area contributed by atoms with Crippen molar-refractivity contribution >= 4 is 16.7 Å². The summed E-state index contributed by atoms with van der Waals surface area (Å²) in [5.74, 6) is 0. The van der Waals surface area contributed by atoms with Crippen molar-refractivity contribution in [3.8, 4) is 6.07 Å². The second-order valence-corrected chi connectivity index (χ2v) is 5.86. The lowest BCUT2D eigenvalue weighted by Gasteiger charge is -2.20. The normalized spacial score (nSPS) is 19.4. The minimum atomic E-state index is -0.320. The number of aromatic amines is 1. The van der Waals surface area contributed by atoms with Gasteiger partial charge in [-0.2, -0.15) is 5.26 Å². The van der Waals surface area contributed by atoms with E-state index in [1.165, 1.54) is 12.8 Å². The Labute approximate surface area is 115 Å². The number of hydrogen-bond donors (Lipinski definition) is 1. The first kappa shape index (κ1) is 11.5. The zero-order chi connectivity index (χ0) is 13.7. The zero-order valence-electron chi connectivity index (χ0n) is 11.0. The number of hydrogen-bond acceptors (Lipinski definition) is 4. The van der Waals surface area contributed by atoms with Gasteiger partial charge in [0, 0.05) is 19.3 Å². The van der Waals surface area contributed by atoms with E-state index in [2.05, 4.69) is 20.9 Å². The molecule has 20 heavy (non-hydrogen) atoms. The molecule has 5 heteroatoms. The number of aromatic nitrogens is 2. The van der Waals surface area contributed by atoms with Crippen LogP contribution >= 0.6 is 0 Å². The number of nitrogens with one attached hydrogen (secondary N) is 1. The van der Waals surface area contributed by atoms with Crippen LogP contribution in [0.3, 0.4) is 0 Å². The maximum absolute atomic E-state index is 12.1. The summed E-state index contributed by atoms with van der Waals surface area (Å²) < 4.78 is 0. The number of pyridine rings is 2. The molecule has 0 radical (unpaired) electrons.